The monoisotopic (exact) mass is 399 g/mol. The van der Waals surface area contributed by atoms with E-state index in [2.05, 4.69) is 19.5 Å². The number of phosphoric acid groups is 1. The Morgan fingerprint density at radius 1 is 1.40 bits per heavy atom. The van der Waals surface area contributed by atoms with Gasteiger partial charge in [-0.3, -0.25) is 13.6 Å². The fourth-order valence-electron chi connectivity index (χ4n) is 2.67. The average molecular weight is 400 g/mol. The molecule has 0 aromatic carbocycles. The summed E-state index contributed by atoms with van der Waals surface area (Å²) in [6, 6.07) is 0. The molecule has 2 aliphatic rings. The predicted octanol–water partition coefficient (Wildman–Crippen LogP) is -1.81. The second-order valence-corrected chi connectivity index (χ2v) is 6.82. The van der Waals surface area contributed by atoms with Crippen molar-refractivity contribution >= 4 is 36.4 Å². The highest BCUT2D eigenvalue weighted by Crippen LogP contribution is 2.52. The molecule has 0 radical (unpaired) electrons. The molecule has 5 unspecified atom stereocenters. The maximum atomic E-state index is 11.5. The highest BCUT2D eigenvalue weighted by atomic mass is 35.5. The molecule has 2 fully saturated rings. The Morgan fingerprint density at radius 3 is 2.84 bits per heavy atom. The molecule has 8 N–H and O–H groups in total. The SMILES string of the molecule is Nc1ncnc2c1nc(Cl)n2C1OC2COP(=O)(O)OC2C1O.O.O. The van der Waals surface area contributed by atoms with Crippen LogP contribution in [0.25, 0.3) is 11.2 Å². The van der Waals surface area contributed by atoms with Crippen molar-refractivity contribution < 1.29 is 39.3 Å². The summed E-state index contributed by atoms with van der Waals surface area (Å²) in [7, 11) is -4.21. The Morgan fingerprint density at radius 2 is 2.12 bits per heavy atom. The van der Waals surface area contributed by atoms with Gasteiger partial charge in [0.25, 0.3) is 0 Å². The number of nitrogens with zero attached hydrogens (tertiary/aromatic N) is 4. The van der Waals surface area contributed by atoms with Gasteiger partial charge in [0.2, 0.25) is 5.28 Å². The number of nitrogens with two attached hydrogens (primary N) is 1. The number of imidazole rings is 1. The molecule has 4 rings (SSSR count). The first-order chi connectivity index (χ1) is 10.9. The van der Waals surface area contributed by atoms with Crippen molar-refractivity contribution in [3.8, 4) is 0 Å². The van der Waals surface area contributed by atoms with E-state index >= 15 is 0 Å². The van der Waals surface area contributed by atoms with Crippen LogP contribution in [0, 0.1) is 0 Å². The fourth-order valence-corrected chi connectivity index (χ4v) is 3.90. The van der Waals surface area contributed by atoms with Crippen LogP contribution in [-0.2, 0) is 18.3 Å². The molecule has 15 heteroatoms. The third kappa shape index (κ3) is 3.10. The number of halogens is 1. The largest absolute Gasteiger partial charge is 0.472 e. The van der Waals surface area contributed by atoms with Crippen LogP contribution in [0.2, 0.25) is 5.28 Å². The molecule has 5 atom stereocenters. The minimum absolute atomic E-state index is 0. The summed E-state index contributed by atoms with van der Waals surface area (Å²) in [5, 5.41) is 10.4. The zero-order valence-corrected chi connectivity index (χ0v) is 14.0. The van der Waals surface area contributed by atoms with Crippen molar-refractivity contribution in [1.29, 1.82) is 0 Å². The Labute approximate surface area is 144 Å². The Balaban J connectivity index is 0.00000113. The molecule has 0 bridgehead atoms. The van der Waals surface area contributed by atoms with Gasteiger partial charge in [0.15, 0.2) is 23.2 Å². The summed E-state index contributed by atoms with van der Waals surface area (Å²) in [4.78, 5) is 21.3. The fraction of sp³-hybridized carbons (Fsp3) is 0.500. The normalized spacial score (nSPS) is 34.2. The van der Waals surface area contributed by atoms with Crippen LogP contribution in [-0.4, -0.2) is 65.4 Å². The zero-order valence-electron chi connectivity index (χ0n) is 12.3. The molecule has 2 saturated heterocycles. The summed E-state index contributed by atoms with van der Waals surface area (Å²) in [6.07, 6.45) is -2.87. The van der Waals surface area contributed by atoms with Gasteiger partial charge < -0.3 is 31.4 Å². The second kappa shape index (κ2) is 6.72. The lowest BCUT2D eigenvalue weighted by Crippen LogP contribution is -2.39. The van der Waals surface area contributed by atoms with E-state index in [0.717, 1.165) is 0 Å². The van der Waals surface area contributed by atoms with E-state index < -0.39 is 32.4 Å². The summed E-state index contributed by atoms with van der Waals surface area (Å²) < 4.78 is 28.0. The predicted molar refractivity (Wildman–Crippen MR) is 82.5 cm³/mol. The highest BCUT2D eigenvalue weighted by Gasteiger charge is 2.53. The number of hydrogen-bond donors (Lipinski definition) is 3. The smallest absolute Gasteiger partial charge is 0.412 e. The summed E-state index contributed by atoms with van der Waals surface area (Å²) >= 11 is 6.10. The molecule has 140 valence electrons. The third-order valence-electron chi connectivity index (χ3n) is 3.68. The van der Waals surface area contributed by atoms with E-state index in [-0.39, 0.29) is 39.8 Å². The minimum atomic E-state index is -4.21. The van der Waals surface area contributed by atoms with E-state index in [0.29, 0.717) is 0 Å². The number of phosphoric ester groups is 1. The van der Waals surface area contributed by atoms with E-state index in [1.165, 1.54) is 10.9 Å². The Bertz CT molecular complexity index is 835. The van der Waals surface area contributed by atoms with Gasteiger partial charge in [0.1, 0.15) is 24.6 Å². The highest BCUT2D eigenvalue weighted by molar-refractivity contribution is 7.47. The molecule has 13 nitrogen and oxygen atoms in total. The number of aliphatic hydroxyl groups is 1. The molecule has 2 aromatic heterocycles. The number of nitrogen functional groups attached to an aromatic ring is 1. The average Bonchev–Trinajstić information content (AvgIpc) is 2.97. The first-order valence-corrected chi connectivity index (χ1v) is 8.38. The van der Waals surface area contributed by atoms with E-state index in [4.69, 9.17) is 26.6 Å². The van der Waals surface area contributed by atoms with Gasteiger partial charge in [0.05, 0.1) is 6.61 Å². The molecule has 2 aliphatic heterocycles. The molecule has 0 amide bonds. The van der Waals surface area contributed by atoms with Gasteiger partial charge in [-0.05, 0) is 11.6 Å². The van der Waals surface area contributed by atoms with Gasteiger partial charge >= 0.3 is 7.82 Å². The molecular formula is C10H15ClN5O8P. The lowest BCUT2D eigenvalue weighted by molar-refractivity contribution is -0.0663. The number of aliphatic hydroxyl groups excluding tert-OH is 1. The first-order valence-electron chi connectivity index (χ1n) is 6.50. The van der Waals surface area contributed by atoms with Gasteiger partial charge in [-0.1, -0.05) is 0 Å². The van der Waals surface area contributed by atoms with E-state index in [1.54, 1.807) is 0 Å². The van der Waals surface area contributed by atoms with Crippen molar-refractivity contribution in [2.75, 3.05) is 12.3 Å². The van der Waals surface area contributed by atoms with Crippen LogP contribution in [0.4, 0.5) is 5.82 Å². The van der Waals surface area contributed by atoms with Crippen LogP contribution >= 0.6 is 19.4 Å². The number of hydrogen-bond acceptors (Lipinski definition) is 9. The standard InChI is InChI=1S/C10H11ClN5O6P.2H2O/c11-10-15-4-7(12)13-2-14-8(4)16(10)9-5(17)6-3(21-9)1-20-23(18,19)22-6;;/h2-3,5-6,9,17H,1H2,(H,18,19)(H2,12,13,14);2*1H2. The lowest BCUT2D eigenvalue weighted by Gasteiger charge is -2.27. The number of anilines is 1. The van der Waals surface area contributed by atoms with Crippen LogP contribution in [0.15, 0.2) is 6.33 Å². The van der Waals surface area contributed by atoms with Gasteiger partial charge in [0, 0.05) is 0 Å². The molecule has 0 saturated carbocycles. The van der Waals surface area contributed by atoms with Crippen molar-refractivity contribution in [3.05, 3.63) is 11.6 Å². The maximum Gasteiger partial charge on any atom is 0.472 e. The summed E-state index contributed by atoms with van der Waals surface area (Å²) in [6.45, 7) is -0.201. The molecule has 0 aliphatic carbocycles. The molecule has 25 heavy (non-hydrogen) atoms. The molecule has 0 spiro atoms. The van der Waals surface area contributed by atoms with Gasteiger partial charge in [-0.15, -0.1) is 0 Å². The van der Waals surface area contributed by atoms with E-state index in [1.807, 2.05) is 0 Å². The number of ether oxygens (including phenoxy) is 1. The van der Waals surface area contributed by atoms with Crippen molar-refractivity contribution in [1.82, 2.24) is 19.5 Å². The molecular weight excluding hydrogens is 385 g/mol. The van der Waals surface area contributed by atoms with Crippen molar-refractivity contribution in [2.24, 2.45) is 0 Å². The number of fused-ring (bicyclic) bond motifs is 2. The second-order valence-electron chi connectivity index (χ2n) is 5.07. The molecule has 4 heterocycles. The topological polar surface area (TPSA) is 218 Å². The quantitative estimate of drug-likeness (QED) is 0.360. The first kappa shape index (κ1) is 19.9. The van der Waals surface area contributed by atoms with Gasteiger partial charge in [-0.2, -0.15) is 0 Å². The number of aromatic nitrogens is 4. The molecule has 2 aromatic rings. The summed E-state index contributed by atoms with van der Waals surface area (Å²) in [5.74, 6) is 0.125. The van der Waals surface area contributed by atoms with Crippen LogP contribution in [0.1, 0.15) is 6.23 Å². The number of rotatable bonds is 1. The Kier molecular flexibility index (Phi) is 5.35. The van der Waals surface area contributed by atoms with Crippen LogP contribution < -0.4 is 5.73 Å². The van der Waals surface area contributed by atoms with Crippen LogP contribution in [0.5, 0.6) is 0 Å². The Hall–Kier alpha value is -1.41. The summed E-state index contributed by atoms with van der Waals surface area (Å²) in [5.41, 5.74) is 6.24. The van der Waals surface area contributed by atoms with Crippen molar-refractivity contribution in [2.45, 2.75) is 24.5 Å². The zero-order chi connectivity index (χ0) is 16.4. The minimum Gasteiger partial charge on any atom is -0.412 e. The third-order valence-corrected chi connectivity index (χ3v) is 4.93. The lowest BCUT2D eigenvalue weighted by atomic mass is 10.1. The van der Waals surface area contributed by atoms with Gasteiger partial charge in [-0.25, -0.2) is 19.5 Å². The van der Waals surface area contributed by atoms with Crippen molar-refractivity contribution in [3.63, 3.8) is 0 Å². The van der Waals surface area contributed by atoms with E-state index in [9.17, 15) is 14.6 Å². The van der Waals surface area contributed by atoms with Crippen LogP contribution in [0.3, 0.4) is 0 Å². The maximum absolute atomic E-state index is 11.5.